The van der Waals surface area contributed by atoms with Crippen molar-refractivity contribution in [1.82, 2.24) is 4.98 Å². The van der Waals surface area contributed by atoms with Gasteiger partial charge in [0.15, 0.2) is 0 Å². The second-order valence-corrected chi connectivity index (χ2v) is 6.85. The third-order valence-electron chi connectivity index (χ3n) is 4.14. The van der Waals surface area contributed by atoms with Crippen molar-refractivity contribution >= 4 is 39.3 Å². The number of benzene rings is 1. The lowest BCUT2D eigenvalue weighted by Gasteiger charge is -2.27. The number of carboxylic acid groups (broad SMARTS) is 1. The average Bonchev–Trinajstić information content (AvgIpc) is 3.00. The van der Waals surface area contributed by atoms with E-state index >= 15 is 0 Å². The Morgan fingerprint density at radius 1 is 1.39 bits per heavy atom. The summed E-state index contributed by atoms with van der Waals surface area (Å²) < 4.78 is 0.321. The third kappa shape index (κ3) is 3.21. The molecule has 1 fully saturated rings. The van der Waals surface area contributed by atoms with Gasteiger partial charge in [-0.3, -0.25) is 0 Å². The molecule has 1 aliphatic rings. The monoisotopic (exact) mass is 394 g/mol. The molecule has 1 N–H and O–H groups in total. The van der Waals surface area contributed by atoms with Crippen LogP contribution < -0.4 is 4.90 Å². The predicted octanol–water partition coefficient (Wildman–Crippen LogP) is 4.85. The van der Waals surface area contributed by atoms with Crippen molar-refractivity contribution < 1.29 is 9.90 Å². The van der Waals surface area contributed by atoms with E-state index in [4.69, 9.17) is 11.6 Å². The highest BCUT2D eigenvalue weighted by Crippen LogP contribution is 2.37. The molecule has 1 aromatic carbocycles. The first-order valence-electron chi connectivity index (χ1n) is 7.40. The molecule has 0 unspecified atom stereocenters. The van der Waals surface area contributed by atoms with Crippen LogP contribution in [0.25, 0.3) is 0 Å². The van der Waals surface area contributed by atoms with E-state index in [-0.39, 0.29) is 16.8 Å². The maximum atomic E-state index is 11.4. The normalized spacial score (nSPS) is 17.5. The smallest absolute Gasteiger partial charge is 0.337 e. The minimum atomic E-state index is -1.02. The first-order valence-corrected chi connectivity index (χ1v) is 8.57. The van der Waals surface area contributed by atoms with E-state index in [0.717, 1.165) is 19.4 Å². The number of hydrogen-bond donors (Lipinski definition) is 1. The summed E-state index contributed by atoms with van der Waals surface area (Å²) >= 11 is 9.31. The molecule has 3 rings (SSSR count). The van der Waals surface area contributed by atoms with E-state index in [1.165, 1.54) is 11.1 Å². The number of nitrogens with zero attached hydrogens (tertiary/aromatic N) is 2. The molecule has 23 heavy (non-hydrogen) atoms. The second-order valence-electron chi connectivity index (χ2n) is 5.70. The minimum absolute atomic E-state index is 0.134. The Bertz CT molecular complexity index is 749. The van der Waals surface area contributed by atoms with Gasteiger partial charge in [-0.1, -0.05) is 41.4 Å². The van der Waals surface area contributed by atoms with Gasteiger partial charge in [-0.25, -0.2) is 9.78 Å². The summed E-state index contributed by atoms with van der Waals surface area (Å²) in [6.07, 6.45) is 2.05. The fourth-order valence-corrected chi connectivity index (χ4v) is 3.53. The van der Waals surface area contributed by atoms with Gasteiger partial charge in [-0.2, -0.15) is 0 Å². The van der Waals surface area contributed by atoms with Crippen LogP contribution in [0.4, 0.5) is 5.82 Å². The molecular formula is C17H16BrClN2O2. The van der Waals surface area contributed by atoms with Gasteiger partial charge in [-0.05, 0) is 47.3 Å². The Morgan fingerprint density at radius 3 is 2.74 bits per heavy atom. The van der Waals surface area contributed by atoms with Gasteiger partial charge in [0, 0.05) is 6.54 Å². The summed E-state index contributed by atoms with van der Waals surface area (Å²) in [5, 5.41) is 9.51. The first kappa shape index (κ1) is 16.3. The number of rotatable bonds is 3. The van der Waals surface area contributed by atoms with Gasteiger partial charge in [0.2, 0.25) is 0 Å². The van der Waals surface area contributed by atoms with Gasteiger partial charge in [0.1, 0.15) is 11.0 Å². The van der Waals surface area contributed by atoms with Crippen molar-refractivity contribution in [3.05, 3.63) is 56.6 Å². The molecule has 1 aliphatic heterocycles. The van der Waals surface area contributed by atoms with Crippen LogP contribution in [0.2, 0.25) is 5.15 Å². The molecule has 2 aromatic rings. The Balaban J connectivity index is 2.00. The summed E-state index contributed by atoms with van der Waals surface area (Å²) in [6, 6.07) is 10.2. The first-order chi connectivity index (χ1) is 11.0. The van der Waals surface area contributed by atoms with Crippen molar-refractivity contribution in [3.63, 3.8) is 0 Å². The lowest BCUT2D eigenvalue weighted by molar-refractivity contribution is 0.0695. The van der Waals surface area contributed by atoms with E-state index in [2.05, 4.69) is 57.0 Å². The number of carbonyl (C=O) groups is 1. The number of aryl methyl sites for hydroxylation is 1. The van der Waals surface area contributed by atoms with Crippen molar-refractivity contribution in [2.45, 2.75) is 25.8 Å². The van der Waals surface area contributed by atoms with E-state index in [1.807, 2.05) is 0 Å². The van der Waals surface area contributed by atoms with Crippen molar-refractivity contribution in [2.75, 3.05) is 11.4 Å². The fourth-order valence-electron chi connectivity index (χ4n) is 2.96. The molecule has 4 nitrogen and oxygen atoms in total. The topological polar surface area (TPSA) is 53.4 Å². The van der Waals surface area contributed by atoms with Crippen LogP contribution in [0.1, 0.15) is 40.4 Å². The molecule has 0 bridgehead atoms. The zero-order chi connectivity index (χ0) is 16.6. The van der Waals surface area contributed by atoms with Crippen LogP contribution in [0.15, 0.2) is 34.8 Å². The molecule has 120 valence electrons. The lowest BCUT2D eigenvalue weighted by Crippen LogP contribution is -2.24. The molecular weight excluding hydrogens is 380 g/mol. The highest BCUT2D eigenvalue weighted by atomic mass is 79.9. The zero-order valence-corrected chi connectivity index (χ0v) is 14.9. The highest BCUT2D eigenvalue weighted by Gasteiger charge is 2.28. The van der Waals surface area contributed by atoms with Crippen LogP contribution in [-0.2, 0) is 0 Å². The summed E-state index contributed by atoms with van der Waals surface area (Å²) in [5.41, 5.74) is 2.57. The summed E-state index contributed by atoms with van der Waals surface area (Å²) in [4.78, 5) is 17.9. The van der Waals surface area contributed by atoms with E-state index < -0.39 is 5.97 Å². The number of carboxylic acids is 1. The average molecular weight is 396 g/mol. The lowest BCUT2D eigenvalue weighted by atomic mass is 10.0. The Morgan fingerprint density at radius 2 is 2.09 bits per heavy atom. The number of pyridine rings is 1. The van der Waals surface area contributed by atoms with Gasteiger partial charge < -0.3 is 10.0 Å². The zero-order valence-electron chi connectivity index (χ0n) is 12.6. The second kappa shape index (κ2) is 6.49. The van der Waals surface area contributed by atoms with Gasteiger partial charge in [0.25, 0.3) is 0 Å². The molecule has 0 spiro atoms. The molecule has 1 aromatic heterocycles. The molecule has 2 heterocycles. The number of hydrogen-bond acceptors (Lipinski definition) is 3. The van der Waals surface area contributed by atoms with Gasteiger partial charge in [0.05, 0.1) is 16.1 Å². The molecule has 1 atom stereocenters. The fraction of sp³-hybridized carbons (Fsp3) is 0.294. The molecule has 1 saturated heterocycles. The largest absolute Gasteiger partial charge is 0.478 e. The summed E-state index contributed by atoms with van der Waals surface area (Å²) in [5.74, 6) is -0.410. The number of aromatic carboxylic acids is 1. The van der Waals surface area contributed by atoms with Crippen molar-refractivity contribution in [2.24, 2.45) is 0 Å². The standard InChI is InChI=1S/C17H16BrClN2O2/c1-10-4-6-11(7-5-10)13-3-2-8-21(13)14-9-12(17(22)23)15(18)16(19)20-14/h4-7,9,13H,2-3,8H2,1H3,(H,22,23)/t13-/m0/s1. The maximum absolute atomic E-state index is 11.4. The van der Waals surface area contributed by atoms with Crippen LogP contribution in [0.3, 0.4) is 0 Å². The van der Waals surface area contributed by atoms with E-state index in [0.29, 0.717) is 10.3 Å². The Labute approximate surface area is 148 Å². The summed E-state index contributed by atoms with van der Waals surface area (Å²) in [7, 11) is 0. The van der Waals surface area contributed by atoms with Crippen molar-refractivity contribution in [3.8, 4) is 0 Å². The Kier molecular flexibility index (Phi) is 4.60. The SMILES string of the molecule is Cc1ccc([C@@H]2CCCN2c2cc(C(=O)O)c(Br)c(Cl)n2)cc1. The van der Waals surface area contributed by atoms with E-state index in [1.54, 1.807) is 6.07 Å². The number of halogens is 2. The molecule has 0 radical (unpaired) electrons. The quantitative estimate of drug-likeness (QED) is 0.755. The van der Waals surface area contributed by atoms with Crippen LogP contribution in [0, 0.1) is 6.92 Å². The molecule has 0 aliphatic carbocycles. The maximum Gasteiger partial charge on any atom is 0.337 e. The highest BCUT2D eigenvalue weighted by molar-refractivity contribution is 9.10. The van der Waals surface area contributed by atoms with Crippen LogP contribution in [0.5, 0.6) is 0 Å². The minimum Gasteiger partial charge on any atom is -0.478 e. The molecule has 6 heteroatoms. The van der Waals surface area contributed by atoms with Gasteiger partial charge in [-0.15, -0.1) is 0 Å². The molecule has 0 saturated carbocycles. The molecule has 0 amide bonds. The number of aromatic nitrogens is 1. The van der Waals surface area contributed by atoms with Crippen LogP contribution in [-0.4, -0.2) is 22.6 Å². The van der Waals surface area contributed by atoms with Crippen LogP contribution >= 0.6 is 27.5 Å². The number of anilines is 1. The van der Waals surface area contributed by atoms with Crippen molar-refractivity contribution in [1.29, 1.82) is 0 Å². The summed E-state index contributed by atoms with van der Waals surface area (Å²) in [6.45, 7) is 2.90. The Hall–Kier alpha value is -1.59. The predicted molar refractivity (Wildman–Crippen MR) is 94.4 cm³/mol. The van der Waals surface area contributed by atoms with Gasteiger partial charge >= 0.3 is 5.97 Å². The van der Waals surface area contributed by atoms with E-state index in [9.17, 15) is 9.90 Å². The third-order valence-corrected chi connectivity index (χ3v) is 5.45.